The van der Waals surface area contributed by atoms with Gasteiger partial charge < -0.3 is 14.8 Å². The number of hydrogen-bond acceptors (Lipinski definition) is 5. The fourth-order valence-electron chi connectivity index (χ4n) is 3.83. The Hall–Kier alpha value is -3.12. The SMILES string of the molecule is COC(=O)c1cc2cc(C[C@@H](C)N[C@H](C)c3ccccc3)ccc2n1C(=O)OC(C)(C)C. The molecule has 0 spiro atoms. The van der Waals surface area contributed by atoms with Crippen molar-refractivity contribution in [2.45, 2.75) is 58.7 Å². The van der Waals surface area contributed by atoms with Crippen LogP contribution in [0.25, 0.3) is 10.9 Å². The van der Waals surface area contributed by atoms with Gasteiger partial charge in [0.2, 0.25) is 0 Å². The lowest BCUT2D eigenvalue weighted by molar-refractivity contribution is 0.0489. The first-order valence-corrected chi connectivity index (χ1v) is 10.9. The summed E-state index contributed by atoms with van der Waals surface area (Å²) in [5.74, 6) is -0.583. The molecular weight excluding hydrogens is 404 g/mol. The second-order valence-electron chi connectivity index (χ2n) is 9.13. The van der Waals surface area contributed by atoms with Crippen molar-refractivity contribution in [3.63, 3.8) is 0 Å². The molecule has 32 heavy (non-hydrogen) atoms. The van der Waals surface area contributed by atoms with E-state index in [1.165, 1.54) is 17.2 Å². The number of ether oxygens (including phenoxy) is 2. The van der Waals surface area contributed by atoms with E-state index in [1.807, 2.05) is 36.4 Å². The van der Waals surface area contributed by atoms with Crippen molar-refractivity contribution in [1.29, 1.82) is 0 Å². The molecule has 0 aliphatic heterocycles. The van der Waals surface area contributed by atoms with Crippen molar-refractivity contribution in [1.82, 2.24) is 9.88 Å². The van der Waals surface area contributed by atoms with Crippen molar-refractivity contribution in [2.24, 2.45) is 0 Å². The average Bonchev–Trinajstić information content (AvgIpc) is 3.11. The van der Waals surface area contributed by atoms with Crippen molar-refractivity contribution in [3.05, 3.63) is 71.4 Å². The molecule has 3 aromatic rings. The van der Waals surface area contributed by atoms with Crippen LogP contribution in [0.2, 0.25) is 0 Å². The highest BCUT2D eigenvalue weighted by molar-refractivity contribution is 6.01. The Morgan fingerprint density at radius 2 is 1.72 bits per heavy atom. The third-order valence-electron chi connectivity index (χ3n) is 5.21. The Labute approximate surface area is 189 Å². The zero-order valence-electron chi connectivity index (χ0n) is 19.6. The van der Waals surface area contributed by atoms with E-state index >= 15 is 0 Å². The predicted molar refractivity (Wildman–Crippen MR) is 126 cm³/mol. The molecule has 1 N–H and O–H groups in total. The van der Waals surface area contributed by atoms with Gasteiger partial charge in [-0.05, 0) is 70.4 Å². The van der Waals surface area contributed by atoms with Crippen LogP contribution in [0.4, 0.5) is 4.79 Å². The summed E-state index contributed by atoms with van der Waals surface area (Å²) in [5, 5.41) is 4.42. The number of carbonyl (C=O) groups is 2. The molecule has 0 amide bonds. The van der Waals surface area contributed by atoms with Crippen molar-refractivity contribution in [2.75, 3.05) is 7.11 Å². The monoisotopic (exact) mass is 436 g/mol. The molecule has 0 bridgehead atoms. The summed E-state index contributed by atoms with van der Waals surface area (Å²) in [6.45, 7) is 9.67. The number of carbonyl (C=O) groups excluding carboxylic acids is 2. The molecule has 2 atom stereocenters. The molecule has 0 saturated heterocycles. The number of rotatable bonds is 6. The van der Waals surface area contributed by atoms with Gasteiger partial charge in [-0.1, -0.05) is 36.4 Å². The van der Waals surface area contributed by atoms with Gasteiger partial charge in [0.05, 0.1) is 12.6 Å². The van der Waals surface area contributed by atoms with Crippen molar-refractivity contribution >= 4 is 23.0 Å². The van der Waals surface area contributed by atoms with E-state index in [2.05, 4.69) is 31.3 Å². The standard InChI is InChI=1S/C26H32N2O4/c1-17(27-18(2)20-10-8-7-9-11-20)14-19-12-13-22-21(15-19)16-23(24(29)31-6)28(22)25(30)32-26(3,4)5/h7-13,15-18,27H,14H2,1-6H3/t17-,18-/m1/s1. The fraction of sp³-hybridized carbons (Fsp3) is 0.385. The van der Waals surface area contributed by atoms with Gasteiger partial charge in [-0.15, -0.1) is 0 Å². The van der Waals surface area contributed by atoms with Gasteiger partial charge in [-0.2, -0.15) is 0 Å². The second kappa shape index (κ2) is 9.57. The third kappa shape index (κ3) is 5.56. The minimum absolute atomic E-state index is 0.151. The summed E-state index contributed by atoms with van der Waals surface area (Å²) in [6.07, 6.45) is 0.200. The van der Waals surface area contributed by atoms with Gasteiger partial charge in [0.25, 0.3) is 0 Å². The molecule has 0 aliphatic carbocycles. The summed E-state index contributed by atoms with van der Waals surface area (Å²) in [7, 11) is 1.30. The van der Waals surface area contributed by atoms with E-state index in [-0.39, 0.29) is 17.8 Å². The molecule has 0 aliphatic rings. The zero-order valence-corrected chi connectivity index (χ0v) is 19.6. The van der Waals surface area contributed by atoms with Crippen LogP contribution in [0.5, 0.6) is 0 Å². The molecule has 3 rings (SSSR count). The maximum atomic E-state index is 12.8. The number of nitrogens with one attached hydrogen (secondary N) is 1. The van der Waals surface area contributed by atoms with E-state index in [0.29, 0.717) is 5.52 Å². The Morgan fingerprint density at radius 3 is 2.34 bits per heavy atom. The second-order valence-corrected chi connectivity index (χ2v) is 9.13. The van der Waals surface area contributed by atoms with Crippen LogP contribution in [0.1, 0.15) is 62.3 Å². The van der Waals surface area contributed by atoms with Gasteiger partial charge >= 0.3 is 12.1 Å². The normalized spacial score (nSPS) is 13.6. The summed E-state index contributed by atoms with van der Waals surface area (Å²) >= 11 is 0. The summed E-state index contributed by atoms with van der Waals surface area (Å²) in [6, 6.07) is 18.3. The van der Waals surface area contributed by atoms with Gasteiger partial charge in [0, 0.05) is 17.5 Å². The predicted octanol–water partition coefficient (Wildman–Crippen LogP) is 5.49. The van der Waals surface area contributed by atoms with Gasteiger partial charge in [0.1, 0.15) is 11.3 Å². The largest absolute Gasteiger partial charge is 0.464 e. The molecule has 0 unspecified atom stereocenters. The smallest absolute Gasteiger partial charge is 0.419 e. The van der Waals surface area contributed by atoms with E-state index in [4.69, 9.17) is 9.47 Å². The molecule has 1 heterocycles. The third-order valence-corrected chi connectivity index (χ3v) is 5.21. The van der Waals surface area contributed by atoms with E-state index in [9.17, 15) is 9.59 Å². The molecule has 2 aromatic carbocycles. The van der Waals surface area contributed by atoms with E-state index < -0.39 is 17.7 Å². The first-order valence-electron chi connectivity index (χ1n) is 10.9. The van der Waals surface area contributed by atoms with E-state index in [0.717, 1.165) is 17.4 Å². The number of nitrogens with zero attached hydrogens (tertiary/aromatic N) is 1. The van der Waals surface area contributed by atoms with Crippen LogP contribution >= 0.6 is 0 Å². The lowest BCUT2D eigenvalue weighted by Crippen LogP contribution is -2.30. The number of benzene rings is 2. The summed E-state index contributed by atoms with van der Waals surface area (Å²) in [5.41, 5.74) is 2.43. The zero-order chi connectivity index (χ0) is 23.5. The maximum absolute atomic E-state index is 12.8. The number of esters is 1. The quantitative estimate of drug-likeness (QED) is 0.517. The molecule has 6 nitrogen and oxygen atoms in total. The first kappa shape index (κ1) is 23.5. The van der Waals surface area contributed by atoms with Crippen molar-refractivity contribution in [3.8, 4) is 0 Å². The van der Waals surface area contributed by atoms with Crippen LogP contribution in [-0.2, 0) is 15.9 Å². The maximum Gasteiger partial charge on any atom is 0.419 e. The molecule has 6 heteroatoms. The number of fused-ring (bicyclic) bond motifs is 1. The van der Waals surface area contributed by atoms with Crippen LogP contribution in [0.15, 0.2) is 54.6 Å². The molecule has 1 aromatic heterocycles. The number of hydrogen-bond donors (Lipinski definition) is 1. The highest BCUT2D eigenvalue weighted by Gasteiger charge is 2.25. The van der Waals surface area contributed by atoms with Crippen LogP contribution < -0.4 is 5.32 Å². The molecule has 170 valence electrons. The van der Waals surface area contributed by atoms with Gasteiger partial charge in [-0.25, -0.2) is 14.2 Å². The minimum atomic E-state index is -0.683. The number of methoxy groups -OCH3 is 1. The van der Waals surface area contributed by atoms with Crippen molar-refractivity contribution < 1.29 is 19.1 Å². The highest BCUT2D eigenvalue weighted by atomic mass is 16.6. The van der Waals surface area contributed by atoms with Gasteiger partial charge in [-0.3, -0.25) is 0 Å². The topological polar surface area (TPSA) is 69.6 Å². The van der Waals surface area contributed by atoms with Crippen LogP contribution in [0, 0.1) is 0 Å². The highest BCUT2D eigenvalue weighted by Crippen LogP contribution is 2.25. The Morgan fingerprint density at radius 1 is 1.03 bits per heavy atom. The Balaban J connectivity index is 1.85. The molecule has 0 saturated carbocycles. The summed E-state index contributed by atoms with van der Waals surface area (Å²) in [4.78, 5) is 25.2. The first-order chi connectivity index (χ1) is 15.1. The molecular formula is C26H32N2O4. The lowest BCUT2D eigenvalue weighted by atomic mass is 10.0. The minimum Gasteiger partial charge on any atom is -0.464 e. The number of aromatic nitrogens is 1. The molecule has 0 fully saturated rings. The van der Waals surface area contributed by atoms with Gasteiger partial charge in [0.15, 0.2) is 0 Å². The Kier molecular flexibility index (Phi) is 7.04. The fourth-order valence-corrected chi connectivity index (χ4v) is 3.83. The van der Waals surface area contributed by atoms with Crippen LogP contribution in [-0.4, -0.2) is 35.4 Å². The van der Waals surface area contributed by atoms with E-state index in [1.54, 1.807) is 26.8 Å². The Bertz CT molecular complexity index is 1100. The summed E-state index contributed by atoms with van der Waals surface area (Å²) < 4.78 is 11.7. The molecule has 0 radical (unpaired) electrons. The van der Waals surface area contributed by atoms with Crippen LogP contribution in [0.3, 0.4) is 0 Å². The average molecular weight is 437 g/mol. The lowest BCUT2D eigenvalue weighted by Gasteiger charge is -2.21.